The van der Waals surface area contributed by atoms with E-state index in [4.69, 9.17) is 0 Å². The number of nitrogens with zero attached hydrogens (tertiary/aromatic N) is 4. The average Bonchev–Trinajstić information content (AvgIpc) is 2.96. The van der Waals surface area contributed by atoms with Gasteiger partial charge in [0, 0.05) is 30.3 Å². The molecule has 0 aliphatic rings. The Morgan fingerprint density at radius 1 is 1.19 bits per heavy atom. The van der Waals surface area contributed by atoms with Gasteiger partial charge >= 0.3 is 0 Å². The van der Waals surface area contributed by atoms with Crippen LogP contribution < -0.4 is 5.56 Å². The number of hydrogen-bond donors (Lipinski definition) is 1. The van der Waals surface area contributed by atoms with Crippen LogP contribution in [0.1, 0.15) is 24.7 Å². The second-order valence-corrected chi connectivity index (χ2v) is 6.01. The summed E-state index contributed by atoms with van der Waals surface area (Å²) in [7, 11) is 0. The van der Waals surface area contributed by atoms with Crippen molar-refractivity contribution in [2.45, 2.75) is 26.3 Å². The summed E-state index contributed by atoms with van der Waals surface area (Å²) in [6, 6.07) is 3.90. The number of benzene rings is 1. The number of rotatable bonds is 4. The molecule has 0 amide bonds. The molecule has 3 aromatic heterocycles. The minimum Gasteiger partial charge on any atom is -0.319 e. The highest BCUT2D eigenvalue weighted by Crippen LogP contribution is 2.23. The molecule has 4 rings (SSSR count). The van der Waals surface area contributed by atoms with Crippen LogP contribution in [0.25, 0.3) is 22.2 Å². The molecule has 8 heteroatoms. The van der Waals surface area contributed by atoms with E-state index < -0.39 is 17.2 Å². The third-order valence-electron chi connectivity index (χ3n) is 4.26. The van der Waals surface area contributed by atoms with Crippen molar-refractivity contribution in [3.8, 4) is 0 Å². The zero-order valence-corrected chi connectivity index (χ0v) is 14.0. The van der Waals surface area contributed by atoms with Gasteiger partial charge in [0.25, 0.3) is 0 Å². The maximum Gasteiger partial charge on any atom is 0.248 e. The summed E-state index contributed by atoms with van der Waals surface area (Å²) >= 11 is 0. The number of hydrogen-bond acceptors (Lipinski definition) is 4. The number of halogens is 2. The van der Waals surface area contributed by atoms with Gasteiger partial charge in [-0.15, -0.1) is 0 Å². The molecule has 132 valence electrons. The summed E-state index contributed by atoms with van der Waals surface area (Å²) < 4.78 is 29.5. The van der Waals surface area contributed by atoms with E-state index >= 15 is 0 Å². The first-order valence-corrected chi connectivity index (χ1v) is 8.24. The zero-order chi connectivity index (χ0) is 18.3. The second-order valence-electron chi connectivity index (χ2n) is 6.01. The number of pyridine rings is 1. The summed E-state index contributed by atoms with van der Waals surface area (Å²) in [5.41, 5.74) is 1.03. The Labute approximate surface area is 146 Å². The fraction of sp³-hybridized carbons (Fsp3) is 0.222. The number of aromatic amines is 1. The van der Waals surface area contributed by atoms with Gasteiger partial charge in [0.2, 0.25) is 5.56 Å². The molecule has 3 heterocycles. The quantitative estimate of drug-likeness (QED) is 0.611. The Hall–Kier alpha value is -3.16. The van der Waals surface area contributed by atoms with Crippen LogP contribution in [-0.4, -0.2) is 24.5 Å². The summed E-state index contributed by atoms with van der Waals surface area (Å²) in [4.78, 5) is 27.4. The van der Waals surface area contributed by atoms with Gasteiger partial charge in [-0.2, -0.15) is 0 Å². The number of aromatic nitrogens is 5. The summed E-state index contributed by atoms with van der Waals surface area (Å²) in [5, 5.41) is 0.441. The summed E-state index contributed by atoms with van der Waals surface area (Å²) in [5.74, 6) is -1.29. The molecule has 0 saturated heterocycles. The van der Waals surface area contributed by atoms with Crippen LogP contribution in [-0.2, 0) is 13.0 Å². The Balaban J connectivity index is 1.93. The summed E-state index contributed by atoms with van der Waals surface area (Å²) in [6.07, 6.45) is 4.72. The van der Waals surface area contributed by atoms with Gasteiger partial charge in [0.1, 0.15) is 5.82 Å². The van der Waals surface area contributed by atoms with E-state index in [0.717, 1.165) is 18.3 Å². The Morgan fingerprint density at radius 2 is 2.00 bits per heavy atom. The van der Waals surface area contributed by atoms with E-state index in [2.05, 4.69) is 19.9 Å². The molecule has 0 unspecified atom stereocenters. The van der Waals surface area contributed by atoms with Gasteiger partial charge in [-0.3, -0.25) is 4.79 Å². The van der Waals surface area contributed by atoms with Crippen molar-refractivity contribution >= 4 is 22.2 Å². The first-order valence-electron chi connectivity index (χ1n) is 8.24. The lowest BCUT2D eigenvalue weighted by atomic mass is 10.1. The molecular weight excluding hydrogens is 340 g/mol. The fourth-order valence-electron chi connectivity index (χ4n) is 3.11. The molecule has 1 N–H and O–H groups in total. The van der Waals surface area contributed by atoms with E-state index in [1.807, 2.05) is 11.5 Å². The molecule has 0 atom stereocenters. The molecule has 6 nitrogen and oxygen atoms in total. The van der Waals surface area contributed by atoms with Gasteiger partial charge in [-0.25, -0.2) is 23.7 Å². The first kappa shape index (κ1) is 16.3. The molecule has 0 fully saturated rings. The number of H-pyrrole nitrogens is 1. The molecule has 0 spiro atoms. The number of fused-ring (bicyclic) bond motifs is 2. The van der Waals surface area contributed by atoms with Crippen molar-refractivity contribution in [2.24, 2.45) is 0 Å². The van der Waals surface area contributed by atoms with Crippen molar-refractivity contribution in [1.29, 1.82) is 0 Å². The second kappa shape index (κ2) is 6.29. The first-order chi connectivity index (χ1) is 12.6. The minimum absolute atomic E-state index is 0.139. The Kier molecular flexibility index (Phi) is 3.95. The predicted molar refractivity (Wildman–Crippen MR) is 92.9 cm³/mol. The number of imidazole rings is 1. The van der Waals surface area contributed by atoms with E-state index in [1.54, 1.807) is 12.4 Å². The molecule has 0 radical (unpaired) electrons. The van der Waals surface area contributed by atoms with Crippen molar-refractivity contribution in [3.05, 3.63) is 64.0 Å². The van der Waals surface area contributed by atoms with Crippen LogP contribution in [0.2, 0.25) is 0 Å². The van der Waals surface area contributed by atoms with E-state index in [0.29, 0.717) is 28.7 Å². The highest BCUT2D eigenvalue weighted by atomic mass is 19.2. The van der Waals surface area contributed by atoms with Crippen molar-refractivity contribution in [1.82, 2.24) is 24.5 Å². The summed E-state index contributed by atoms with van der Waals surface area (Å²) in [6.45, 7) is 2.29. The molecule has 0 aliphatic carbocycles. The fourth-order valence-corrected chi connectivity index (χ4v) is 3.11. The minimum atomic E-state index is -1.06. The van der Waals surface area contributed by atoms with Gasteiger partial charge in [-0.1, -0.05) is 6.92 Å². The maximum atomic E-state index is 14.1. The lowest BCUT2D eigenvalue weighted by Gasteiger charge is -2.11. The molecule has 0 aliphatic heterocycles. The van der Waals surface area contributed by atoms with Crippen LogP contribution in [0.3, 0.4) is 0 Å². The zero-order valence-electron chi connectivity index (χ0n) is 14.0. The topological polar surface area (TPSA) is 76.5 Å². The van der Waals surface area contributed by atoms with Crippen molar-refractivity contribution in [2.75, 3.05) is 0 Å². The molecule has 0 saturated carbocycles. The highest BCUT2D eigenvalue weighted by molar-refractivity contribution is 5.82. The van der Waals surface area contributed by atoms with Crippen LogP contribution in [0.5, 0.6) is 0 Å². The Morgan fingerprint density at radius 3 is 2.81 bits per heavy atom. The molecule has 4 aromatic rings. The predicted octanol–water partition coefficient (Wildman–Crippen LogP) is 2.95. The van der Waals surface area contributed by atoms with Crippen LogP contribution in [0.15, 0.2) is 35.4 Å². The van der Waals surface area contributed by atoms with Crippen molar-refractivity contribution in [3.63, 3.8) is 0 Å². The average molecular weight is 355 g/mol. The van der Waals surface area contributed by atoms with Crippen LogP contribution >= 0.6 is 0 Å². The number of nitrogens with one attached hydrogen (secondary N) is 1. The molecule has 26 heavy (non-hydrogen) atoms. The highest BCUT2D eigenvalue weighted by Gasteiger charge is 2.16. The van der Waals surface area contributed by atoms with Gasteiger partial charge in [0.15, 0.2) is 22.9 Å². The monoisotopic (exact) mass is 355 g/mol. The molecule has 1 aromatic carbocycles. The Bertz CT molecular complexity index is 1180. The van der Waals surface area contributed by atoms with E-state index in [-0.39, 0.29) is 12.1 Å². The van der Waals surface area contributed by atoms with Crippen LogP contribution in [0.4, 0.5) is 8.78 Å². The van der Waals surface area contributed by atoms with Gasteiger partial charge in [-0.05, 0) is 24.1 Å². The van der Waals surface area contributed by atoms with Crippen molar-refractivity contribution < 1.29 is 8.78 Å². The molecular formula is C18H15F2N5O. The maximum absolute atomic E-state index is 14.1. The lowest BCUT2D eigenvalue weighted by Crippen LogP contribution is -2.12. The standard InChI is InChI=1S/C18H15F2N5O/c1-2-3-13-23-17-18(22-7-6-21-17)25(13)9-10-8-14(26)24-16-11(10)4-5-12(19)15(16)20/h4-8H,2-3,9H2,1H3,(H,24,26). The lowest BCUT2D eigenvalue weighted by molar-refractivity contribution is 0.515. The van der Waals surface area contributed by atoms with Gasteiger partial charge < -0.3 is 9.55 Å². The SMILES string of the molecule is CCCc1nc2nccnc2n1Cc1cc(=O)[nH]c2c(F)c(F)ccc12. The third-order valence-corrected chi connectivity index (χ3v) is 4.26. The normalized spacial score (nSPS) is 11.5. The molecule has 0 bridgehead atoms. The van der Waals surface area contributed by atoms with Gasteiger partial charge in [0.05, 0.1) is 12.1 Å². The van der Waals surface area contributed by atoms with E-state index in [1.165, 1.54) is 12.1 Å². The largest absolute Gasteiger partial charge is 0.319 e. The smallest absolute Gasteiger partial charge is 0.248 e. The van der Waals surface area contributed by atoms with E-state index in [9.17, 15) is 13.6 Å². The third kappa shape index (κ3) is 2.63. The number of aryl methyl sites for hydroxylation is 1. The van der Waals surface area contributed by atoms with Crippen LogP contribution in [0, 0.1) is 11.6 Å².